The Balaban J connectivity index is 2.07. The fraction of sp³-hybridized carbons (Fsp3) is 0.938. The van der Waals surface area contributed by atoms with Crippen molar-refractivity contribution in [1.29, 1.82) is 0 Å². The molecule has 3 heteroatoms. The molecule has 0 bridgehead atoms. The number of hydrogen-bond acceptors (Lipinski definition) is 3. The zero-order chi connectivity index (χ0) is 14.1. The topological polar surface area (TPSA) is 46.5 Å². The summed E-state index contributed by atoms with van der Waals surface area (Å²) in [6, 6.07) is 0. The highest BCUT2D eigenvalue weighted by atomic mass is 16.5. The van der Waals surface area contributed by atoms with Gasteiger partial charge in [-0.15, -0.1) is 0 Å². The quantitative estimate of drug-likeness (QED) is 0.799. The monoisotopic (exact) mass is 268 g/mol. The fourth-order valence-electron chi connectivity index (χ4n) is 4.33. The molecule has 0 aliphatic heterocycles. The van der Waals surface area contributed by atoms with Gasteiger partial charge < -0.3 is 9.84 Å². The summed E-state index contributed by atoms with van der Waals surface area (Å²) in [6.07, 6.45) is 9.67. The second-order valence-electron chi connectivity index (χ2n) is 6.95. The number of carbonyl (C=O) groups excluding carboxylic acids is 1. The summed E-state index contributed by atoms with van der Waals surface area (Å²) < 4.78 is 4.86. The Labute approximate surface area is 116 Å². The van der Waals surface area contributed by atoms with Crippen LogP contribution in [0.1, 0.15) is 65.2 Å². The van der Waals surface area contributed by atoms with E-state index in [4.69, 9.17) is 4.74 Å². The van der Waals surface area contributed by atoms with Crippen LogP contribution < -0.4 is 0 Å². The molecule has 0 heterocycles. The summed E-state index contributed by atoms with van der Waals surface area (Å²) >= 11 is 0. The van der Waals surface area contributed by atoms with E-state index in [2.05, 4.69) is 0 Å². The van der Waals surface area contributed by atoms with Crippen LogP contribution in [0.25, 0.3) is 0 Å². The second-order valence-corrected chi connectivity index (χ2v) is 6.95. The highest BCUT2D eigenvalue weighted by molar-refractivity contribution is 5.80. The molecule has 2 fully saturated rings. The van der Waals surface area contributed by atoms with Crippen LogP contribution in [0.15, 0.2) is 0 Å². The molecule has 0 aromatic rings. The molecule has 2 rings (SSSR count). The van der Waals surface area contributed by atoms with Crippen molar-refractivity contribution in [2.45, 2.75) is 70.8 Å². The Hall–Kier alpha value is -0.570. The lowest BCUT2D eigenvalue weighted by Crippen LogP contribution is -2.52. The third-order valence-electron chi connectivity index (χ3n) is 5.73. The van der Waals surface area contributed by atoms with Gasteiger partial charge in [0.05, 0.1) is 7.11 Å². The Bertz CT molecular complexity index is 321. The van der Waals surface area contributed by atoms with Gasteiger partial charge in [0.15, 0.2) is 5.60 Å². The van der Waals surface area contributed by atoms with E-state index in [0.29, 0.717) is 5.41 Å². The summed E-state index contributed by atoms with van der Waals surface area (Å²) in [4.78, 5) is 12.0. The minimum Gasteiger partial charge on any atom is -0.467 e. The highest BCUT2D eigenvalue weighted by Crippen LogP contribution is 2.52. The Morgan fingerprint density at radius 2 is 1.74 bits per heavy atom. The number of hydrogen-bond donors (Lipinski definition) is 1. The summed E-state index contributed by atoms with van der Waals surface area (Å²) in [7, 11) is 1.37. The molecular weight excluding hydrogens is 240 g/mol. The lowest BCUT2D eigenvalue weighted by Gasteiger charge is -2.44. The number of rotatable bonds is 3. The first kappa shape index (κ1) is 14.8. The zero-order valence-electron chi connectivity index (χ0n) is 12.6. The van der Waals surface area contributed by atoms with E-state index < -0.39 is 11.6 Å². The van der Waals surface area contributed by atoms with Gasteiger partial charge in [-0.1, -0.05) is 26.7 Å². The average molecular weight is 268 g/mol. The number of ether oxygens (including phenoxy) is 1. The third kappa shape index (κ3) is 2.54. The van der Waals surface area contributed by atoms with Gasteiger partial charge in [-0.25, -0.2) is 4.79 Å². The Morgan fingerprint density at radius 1 is 1.21 bits per heavy atom. The maximum absolute atomic E-state index is 12.0. The van der Waals surface area contributed by atoms with Crippen LogP contribution in [0.4, 0.5) is 0 Å². The number of esters is 1. The first-order valence-electron chi connectivity index (χ1n) is 7.75. The maximum Gasteiger partial charge on any atom is 0.338 e. The molecule has 3 nitrogen and oxygen atoms in total. The van der Waals surface area contributed by atoms with Gasteiger partial charge in [-0.2, -0.15) is 0 Å². The first-order valence-corrected chi connectivity index (χ1v) is 7.75. The normalized spacial score (nSPS) is 26.6. The maximum atomic E-state index is 12.0. The van der Waals surface area contributed by atoms with E-state index in [-0.39, 0.29) is 11.8 Å². The molecule has 0 amide bonds. The lowest BCUT2D eigenvalue weighted by atomic mass is 9.63. The molecule has 2 aliphatic carbocycles. The van der Waals surface area contributed by atoms with Crippen molar-refractivity contribution in [2.24, 2.45) is 17.3 Å². The summed E-state index contributed by atoms with van der Waals surface area (Å²) in [5, 5.41) is 10.8. The molecule has 1 atom stereocenters. The zero-order valence-corrected chi connectivity index (χ0v) is 12.6. The molecule has 0 radical (unpaired) electrons. The molecule has 0 aromatic heterocycles. The van der Waals surface area contributed by atoms with Crippen molar-refractivity contribution < 1.29 is 14.6 Å². The van der Waals surface area contributed by atoms with E-state index in [1.165, 1.54) is 45.6 Å². The minimum atomic E-state index is -1.30. The van der Waals surface area contributed by atoms with Crippen LogP contribution in [0.2, 0.25) is 0 Å². The number of aliphatic hydroxyl groups is 1. The molecule has 0 aromatic carbocycles. The van der Waals surface area contributed by atoms with Crippen LogP contribution in [0.3, 0.4) is 0 Å². The largest absolute Gasteiger partial charge is 0.467 e. The van der Waals surface area contributed by atoms with Crippen molar-refractivity contribution in [3.63, 3.8) is 0 Å². The first-order chi connectivity index (χ1) is 8.94. The smallest absolute Gasteiger partial charge is 0.338 e. The summed E-state index contributed by atoms with van der Waals surface area (Å²) in [5.41, 5.74) is -0.764. The van der Waals surface area contributed by atoms with Crippen molar-refractivity contribution in [3.8, 4) is 0 Å². The number of carbonyl (C=O) groups is 1. The van der Waals surface area contributed by atoms with Gasteiger partial charge in [-0.3, -0.25) is 0 Å². The molecule has 1 N–H and O–H groups in total. The van der Waals surface area contributed by atoms with E-state index in [0.717, 1.165) is 12.8 Å². The van der Waals surface area contributed by atoms with Crippen LogP contribution >= 0.6 is 0 Å². The minimum absolute atomic E-state index is 0.0613. The van der Waals surface area contributed by atoms with E-state index in [1.807, 2.05) is 13.8 Å². The second kappa shape index (κ2) is 5.43. The van der Waals surface area contributed by atoms with Crippen LogP contribution in [0, 0.1) is 17.3 Å². The van der Waals surface area contributed by atoms with E-state index in [9.17, 15) is 9.90 Å². The molecule has 2 saturated carbocycles. The summed E-state index contributed by atoms with van der Waals surface area (Å²) in [6.45, 7) is 3.83. The van der Waals surface area contributed by atoms with Crippen LogP contribution in [-0.4, -0.2) is 23.8 Å². The third-order valence-corrected chi connectivity index (χ3v) is 5.73. The van der Waals surface area contributed by atoms with E-state index in [1.54, 1.807) is 0 Å². The predicted octanol–water partition coefficient (Wildman–Crippen LogP) is 3.30. The van der Waals surface area contributed by atoms with Crippen molar-refractivity contribution in [1.82, 2.24) is 0 Å². The lowest BCUT2D eigenvalue weighted by molar-refractivity contribution is -0.179. The molecule has 110 valence electrons. The van der Waals surface area contributed by atoms with Crippen LogP contribution in [-0.2, 0) is 9.53 Å². The Morgan fingerprint density at radius 3 is 2.16 bits per heavy atom. The molecule has 2 aliphatic rings. The van der Waals surface area contributed by atoms with Crippen molar-refractivity contribution in [3.05, 3.63) is 0 Å². The molecule has 19 heavy (non-hydrogen) atoms. The van der Waals surface area contributed by atoms with Crippen LogP contribution in [0.5, 0.6) is 0 Å². The molecule has 1 unspecified atom stereocenters. The molecule has 0 saturated heterocycles. The summed E-state index contributed by atoms with van der Waals surface area (Å²) in [5.74, 6) is -0.483. The van der Waals surface area contributed by atoms with Crippen molar-refractivity contribution in [2.75, 3.05) is 7.11 Å². The highest BCUT2D eigenvalue weighted by Gasteiger charge is 2.50. The van der Waals surface area contributed by atoms with Gasteiger partial charge in [0.2, 0.25) is 0 Å². The van der Waals surface area contributed by atoms with E-state index >= 15 is 0 Å². The average Bonchev–Trinajstić information content (AvgIpc) is 2.85. The number of methoxy groups -OCH3 is 1. The van der Waals surface area contributed by atoms with Gasteiger partial charge in [0.25, 0.3) is 0 Å². The molecular formula is C16H28O3. The van der Waals surface area contributed by atoms with Gasteiger partial charge in [0, 0.05) is 0 Å². The van der Waals surface area contributed by atoms with Gasteiger partial charge in [-0.05, 0) is 55.8 Å². The SMILES string of the molecule is COC(=O)C(O)(C(C)C)C1CCC2(CCCC2)CC1. The van der Waals surface area contributed by atoms with Gasteiger partial charge >= 0.3 is 5.97 Å². The predicted molar refractivity (Wildman–Crippen MR) is 74.7 cm³/mol. The standard InChI is InChI=1S/C16H28O3/c1-12(2)16(18,14(17)19-3)13-6-10-15(11-7-13)8-4-5-9-15/h12-13,18H,4-11H2,1-3H3. The molecule has 1 spiro atoms. The Kier molecular flexibility index (Phi) is 4.24. The fourth-order valence-corrected chi connectivity index (χ4v) is 4.33. The van der Waals surface area contributed by atoms with Gasteiger partial charge in [0.1, 0.15) is 0 Å². The van der Waals surface area contributed by atoms with Crippen molar-refractivity contribution >= 4 is 5.97 Å².